The third-order valence-electron chi connectivity index (χ3n) is 5.13. The van der Waals surface area contributed by atoms with Crippen LogP contribution in [-0.4, -0.2) is 36.1 Å². The van der Waals surface area contributed by atoms with E-state index in [9.17, 15) is 0 Å². The Labute approximate surface area is 100 Å². The molecule has 0 radical (unpaired) electrons. The molecule has 1 aromatic rings. The van der Waals surface area contributed by atoms with E-state index in [2.05, 4.69) is 15.8 Å². The van der Waals surface area contributed by atoms with Gasteiger partial charge in [0.2, 0.25) is 5.00 Å². The first kappa shape index (κ1) is 9.57. The highest BCUT2D eigenvalue weighted by atomic mass is 32.1. The predicted octanol–water partition coefficient (Wildman–Crippen LogP) is 1.61. The Kier molecular flexibility index (Phi) is 1.83. The third kappa shape index (κ3) is 0.985. The summed E-state index contributed by atoms with van der Waals surface area (Å²) in [4.78, 5) is 0. The summed E-state index contributed by atoms with van der Waals surface area (Å²) in [5.41, 5.74) is 0.523. The van der Waals surface area contributed by atoms with Crippen molar-refractivity contribution < 1.29 is 0 Å². The van der Waals surface area contributed by atoms with E-state index in [-0.39, 0.29) is 0 Å². The van der Waals surface area contributed by atoms with Crippen molar-refractivity contribution in [2.45, 2.75) is 24.8 Å². The molecule has 0 aliphatic carbocycles. The molecule has 3 fully saturated rings. The van der Waals surface area contributed by atoms with E-state index in [1.165, 1.54) is 54.9 Å². The van der Waals surface area contributed by atoms with Crippen molar-refractivity contribution in [3.8, 4) is 0 Å². The van der Waals surface area contributed by atoms with Crippen LogP contribution >= 0.6 is 11.5 Å². The Morgan fingerprint density at radius 2 is 2.56 bits per heavy atom. The first-order chi connectivity index (χ1) is 7.85. The quantitative estimate of drug-likeness (QED) is 0.749. The van der Waals surface area contributed by atoms with E-state index in [1.807, 2.05) is 6.20 Å². The number of rotatable bonds is 1. The average Bonchev–Trinajstić information content (AvgIpc) is 3.00. The van der Waals surface area contributed by atoms with Gasteiger partial charge in [0.05, 0.1) is 19.6 Å². The van der Waals surface area contributed by atoms with E-state index in [0.717, 1.165) is 5.92 Å². The van der Waals surface area contributed by atoms with Crippen molar-refractivity contribution in [2.24, 2.45) is 5.92 Å². The summed E-state index contributed by atoms with van der Waals surface area (Å²) >= 11 is 1.73. The number of hydrogen-bond acceptors (Lipinski definition) is 3. The number of nitrogens with one attached hydrogen (secondary N) is 1. The second kappa shape index (κ2) is 3.06. The number of hydrogen-bond donors (Lipinski definition) is 1. The molecule has 3 saturated heterocycles. The minimum atomic E-state index is 0.523. The molecule has 2 bridgehead atoms. The second-order valence-electron chi connectivity index (χ2n) is 5.73. The fraction of sp³-hybridized carbons (Fsp3) is 0.750. The van der Waals surface area contributed by atoms with Crippen molar-refractivity contribution in [1.82, 2.24) is 14.2 Å². The van der Waals surface area contributed by atoms with Crippen molar-refractivity contribution >= 4 is 16.5 Å². The molecule has 4 heteroatoms. The number of aromatic nitrogens is 1. The molecule has 16 heavy (non-hydrogen) atoms. The Balaban J connectivity index is 1.85. The molecule has 4 heterocycles. The van der Waals surface area contributed by atoms with E-state index < -0.39 is 0 Å². The Bertz CT molecular complexity index is 396. The van der Waals surface area contributed by atoms with Crippen LogP contribution in [0.15, 0.2) is 12.3 Å². The van der Waals surface area contributed by atoms with E-state index in [4.69, 9.17) is 0 Å². The van der Waals surface area contributed by atoms with Crippen LogP contribution in [0.4, 0.5) is 5.00 Å². The van der Waals surface area contributed by atoms with Crippen LogP contribution in [0.2, 0.25) is 0 Å². The zero-order chi connectivity index (χ0) is 10.6. The summed E-state index contributed by atoms with van der Waals surface area (Å²) in [6.45, 7) is 5.17. The molecule has 3 aliphatic rings. The van der Waals surface area contributed by atoms with Crippen LogP contribution in [0.1, 0.15) is 19.3 Å². The first-order valence-electron chi connectivity index (χ1n) is 6.34. The molecule has 1 N–H and O–H groups in total. The minimum absolute atomic E-state index is 0.523. The van der Waals surface area contributed by atoms with E-state index in [1.54, 1.807) is 11.5 Å². The Hall–Kier alpha value is -0.450. The largest absolute Gasteiger partial charge is 0.311 e. The van der Waals surface area contributed by atoms with Crippen LogP contribution in [0.5, 0.6) is 0 Å². The maximum absolute atomic E-state index is 4.34. The van der Waals surface area contributed by atoms with Gasteiger partial charge in [-0.05, 0) is 0 Å². The molecule has 3 unspecified atom stereocenters. The van der Waals surface area contributed by atoms with Crippen LogP contribution in [-0.2, 0) is 0 Å². The maximum Gasteiger partial charge on any atom is 0.208 e. The summed E-state index contributed by atoms with van der Waals surface area (Å²) in [5, 5.41) is 5.11. The van der Waals surface area contributed by atoms with Crippen molar-refractivity contribution in [3.05, 3.63) is 12.3 Å². The summed E-state index contributed by atoms with van der Waals surface area (Å²) in [7, 11) is 0. The smallest absolute Gasteiger partial charge is 0.208 e. The number of piperidine rings is 1. The zero-order valence-electron chi connectivity index (χ0n) is 9.48. The minimum Gasteiger partial charge on any atom is -0.311 e. The van der Waals surface area contributed by atoms with Gasteiger partial charge < -0.3 is 5.32 Å². The SMILES string of the molecule is c1cc([N+]23CCC(CC24CCNC4)C3)sn1. The summed E-state index contributed by atoms with van der Waals surface area (Å²) in [5.74, 6) is 0.974. The molecular formula is C12H18N3S+. The first-order valence-corrected chi connectivity index (χ1v) is 7.11. The molecule has 3 nitrogen and oxygen atoms in total. The molecule has 3 aliphatic heterocycles. The van der Waals surface area contributed by atoms with Crippen LogP contribution < -0.4 is 9.80 Å². The molecule has 1 spiro atoms. The van der Waals surface area contributed by atoms with Crippen LogP contribution in [0, 0.1) is 5.92 Å². The summed E-state index contributed by atoms with van der Waals surface area (Å²) in [6, 6.07) is 2.26. The summed E-state index contributed by atoms with van der Waals surface area (Å²) < 4.78 is 5.60. The summed E-state index contributed by atoms with van der Waals surface area (Å²) in [6.07, 6.45) is 6.22. The van der Waals surface area contributed by atoms with Crippen molar-refractivity contribution in [1.29, 1.82) is 0 Å². The standard InChI is InChI=1S/C12H18N3S/c1-4-14-16-11(1)15-6-2-10(8-15)7-12(15)3-5-13-9-12/h1,4,10,13H,2-3,5-9H2/q+1. The average molecular weight is 236 g/mol. The van der Waals surface area contributed by atoms with Gasteiger partial charge in [-0.15, -0.1) is 0 Å². The van der Waals surface area contributed by atoms with Gasteiger partial charge >= 0.3 is 0 Å². The molecule has 4 rings (SSSR count). The molecule has 0 saturated carbocycles. The van der Waals surface area contributed by atoms with E-state index in [0.29, 0.717) is 5.54 Å². The molecule has 0 aromatic carbocycles. The van der Waals surface area contributed by atoms with Gasteiger partial charge in [-0.25, -0.2) is 0 Å². The van der Waals surface area contributed by atoms with Crippen LogP contribution in [0.25, 0.3) is 0 Å². The van der Waals surface area contributed by atoms with Crippen molar-refractivity contribution in [2.75, 3.05) is 26.2 Å². The van der Waals surface area contributed by atoms with Gasteiger partial charge in [-0.3, -0.25) is 4.48 Å². The topological polar surface area (TPSA) is 24.9 Å². The monoisotopic (exact) mass is 236 g/mol. The molecule has 86 valence electrons. The van der Waals surface area contributed by atoms with Gasteiger partial charge in [0.15, 0.2) is 0 Å². The molecule has 0 amide bonds. The zero-order valence-corrected chi connectivity index (χ0v) is 10.3. The van der Waals surface area contributed by atoms with Gasteiger partial charge in [0.1, 0.15) is 5.54 Å². The van der Waals surface area contributed by atoms with Gasteiger partial charge in [-0.2, -0.15) is 4.37 Å². The highest BCUT2D eigenvalue weighted by Crippen LogP contribution is 2.53. The molecular weight excluding hydrogens is 218 g/mol. The fourth-order valence-corrected chi connectivity index (χ4v) is 5.34. The Morgan fingerprint density at radius 3 is 3.25 bits per heavy atom. The van der Waals surface area contributed by atoms with Gasteiger partial charge in [0.25, 0.3) is 0 Å². The van der Waals surface area contributed by atoms with Crippen LogP contribution in [0.3, 0.4) is 0 Å². The van der Waals surface area contributed by atoms with Gasteiger partial charge in [0, 0.05) is 55.5 Å². The van der Waals surface area contributed by atoms with Crippen molar-refractivity contribution in [3.63, 3.8) is 0 Å². The number of quaternary nitrogens is 1. The lowest BCUT2D eigenvalue weighted by molar-refractivity contribution is 0.159. The second-order valence-corrected chi connectivity index (χ2v) is 6.55. The lowest BCUT2D eigenvalue weighted by atomic mass is 9.85. The lowest BCUT2D eigenvalue weighted by Crippen LogP contribution is -2.62. The fourth-order valence-electron chi connectivity index (χ4n) is 4.47. The maximum atomic E-state index is 4.34. The highest BCUT2D eigenvalue weighted by Gasteiger charge is 2.64. The number of nitrogens with zero attached hydrogens (tertiary/aromatic N) is 2. The Morgan fingerprint density at radius 1 is 1.56 bits per heavy atom. The van der Waals surface area contributed by atoms with E-state index >= 15 is 0 Å². The molecule has 3 atom stereocenters. The lowest BCUT2D eigenvalue weighted by Gasteiger charge is -2.45. The number of fused-ring (bicyclic) bond motifs is 3. The molecule has 1 aromatic heterocycles. The predicted molar refractivity (Wildman–Crippen MR) is 66.6 cm³/mol. The normalized spacial score (nSPS) is 45.9. The highest BCUT2D eigenvalue weighted by molar-refractivity contribution is 7.09. The third-order valence-corrected chi connectivity index (χ3v) is 6.03. The van der Waals surface area contributed by atoms with Gasteiger partial charge in [-0.1, -0.05) is 0 Å².